The summed E-state index contributed by atoms with van der Waals surface area (Å²) in [4.78, 5) is 94.6. The maximum Gasteiger partial charge on any atom is 0.264 e. The average Bonchev–Trinajstić information content (AvgIpc) is 3.98. The normalized spacial score (nSPS) is 21.3. The van der Waals surface area contributed by atoms with Crippen LogP contribution in [0.4, 0.5) is 20.2 Å². The van der Waals surface area contributed by atoms with Gasteiger partial charge in [-0.15, -0.1) is 0 Å². The van der Waals surface area contributed by atoms with Crippen LogP contribution in [0.5, 0.6) is 0 Å². The molecule has 0 radical (unpaired) electrons. The summed E-state index contributed by atoms with van der Waals surface area (Å²) in [5.74, 6) is -4.28. The molecule has 0 spiro atoms. The number of ketones is 1. The largest absolute Gasteiger partial charge is 0.378 e. The second-order valence-corrected chi connectivity index (χ2v) is 16.9. The van der Waals surface area contributed by atoms with Crippen molar-refractivity contribution >= 4 is 63.5 Å². The Bertz CT molecular complexity index is 2560. The van der Waals surface area contributed by atoms with Gasteiger partial charge in [-0.05, 0) is 93.2 Å². The molecular formula is C45H43F2N7O7. The van der Waals surface area contributed by atoms with Crippen LogP contribution in [0.3, 0.4) is 0 Å². The Morgan fingerprint density at radius 3 is 2.38 bits per heavy atom. The number of amides is 6. The number of nitrogens with one attached hydrogen (secondary N) is 5. The molecule has 4 saturated carbocycles. The van der Waals surface area contributed by atoms with Gasteiger partial charge in [0.25, 0.3) is 23.6 Å². The predicted octanol–water partition coefficient (Wildman–Crippen LogP) is 5.41. The molecule has 6 aliphatic rings. The van der Waals surface area contributed by atoms with Gasteiger partial charge in [0.2, 0.25) is 11.8 Å². The van der Waals surface area contributed by atoms with Crippen LogP contribution >= 0.6 is 0 Å². The van der Waals surface area contributed by atoms with E-state index in [1.165, 1.54) is 30.5 Å². The number of carbonyl (C=O) groups is 7. The number of carbonyl (C=O) groups excluding carboxylic acids is 7. The first-order valence-corrected chi connectivity index (χ1v) is 20.8. The Labute approximate surface area is 348 Å². The lowest BCUT2D eigenvalue weighted by atomic mass is 9.50. The molecule has 2 aliphatic heterocycles. The molecule has 61 heavy (non-hydrogen) atoms. The van der Waals surface area contributed by atoms with E-state index in [9.17, 15) is 33.6 Å². The van der Waals surface area contributed by atoms with E-state index in [0.29, 0.717) is 47.3 Å². The fraction of sp³-hybridized carbons (Fsp3) is 0.378. The zero-order valence-corrected chi connectivity index (χ0v) is 33.1. The summed E-state index contributed by atoms with van der Waals surface area (Å²) in [7, 11) is 0. The lowest BCUT2D eigenvalue weighted by molar-refractivity contribution is -0.136. The molecule has 6 amide bonds. The molecule has 3 aromatic carbocycles. The van der Waals surface area contributed by atoms with Gasteiger partial charge in [-0.2, -0.15) is 0 Å². The van der Waals surface area contributed by atoms with E-state index in [1.54, 1.807) is 18.2 Å². The van der Waals surface area contributed by atoms with Crippen molar-refractivity contribution in [2.75, 3.05) is 23.7 Å². The van der Waals surface area contributed by atoms with E-state index in [2.05, 4.69) is 31.6 Å². The van der Waals surface area contributed by atoms with Gasteiger partial charge in [-0.25, -0.2) is 8.78 Å². The van der Waals surface area contributed by atoms with Crippen LogP contribution in [-0.4, -0.2) is 81.8 Å². The number of piperidine rings is 1. The van der Waals surface area contributed by atoms with Gasteiger partial charge in [0.1, 0.15) is 17.7 Å². The minimum Gasteiger partial charge on any atom is -0.378 e. The van der Waals surface area contributed by atoms with Crippen molar-refractivity contribution in [1.29, 1.82) is 0 Å². The fourth-order valence-corrected chi connectivity index (χ4v) is 8.86. The van der Waals surface area contributed by atoms with Gasteiger partial charge >= 0.3 is 0 Å². The summed E-state index contributed by atoms with van der Waals surface area (Å²) in [5.41, 5.74) is 1.83. The third-order valence-electron chi connectivity index (χ3n) is 12.4. The number of rotatable bonds is 16. The van der Waals surface area contributed by atoms with Crippen molar-refractivity contribution in [3.05, 3.63) is 88.6 Å². The second kappa shape index (κ2) is 15.8. The SMILES string of the molecule is O=C(CCCCCNC(=O)c1ccc(-c2cc3c(NC45CC(C4)C5)c(C(=O)NC4CC4)cnc3cc2F)cc1F)CNc1cccc2c1C(=O)N(C1CCC(=O)NC1=O)C2=O. The van der Waals surface area contributed by atoms with Crippen molar-refractivity contribution in [2.24, 2.45) is 5.92 Å². The van der Waals surface area contributed by atoms with Crippen molar-refractivity contribution in [3.8, 4) is 11.1 Å². The number of hydrogen-bond acceptors (Lipinski definition) is 10. The van der Waals surface area contributed by atoms with Crippen LogP contribution in [0.2, 0.25) is 0 Å². The van der Waals surface area contributed by atoms with Gasteiger partial charge in [-0.3, -0.25) is 48.8 Å². The predicted molar refractivity (Wildman–Crippen MR) is 219 cm³/mol. The Kier molecular flexibility index (Phi) is 10.3. The number of anilines is 2. The van der Waals surface area contributed by atoms with Crippen LogP contribution in [0, 0.1) is 17.6 Å². The van der Waals surface area contributed by atoms with Gasteiger partial charge in [0, 0.05) is 59.9 Å². The standard InChI is InChI=1S/C45H43F2N7O7/c46-32-15-24(29-16-30-35(17-33(29)47)50-22-31(41(58)51-25-9-10-25)39(30)53-45-18-23(19-45)20-45)8-11-27(32)40(57)48-14-3-1-2-5-26(55)21-49-34-7-4-6-28-38(34)44(61)54(43(28)60)36-12-13-37(56)52-42(36)59/h4,6-8,11,15-17,22-23,25,36,49H,1-3,5,9-10,12-14,18-21H2,(H,48,57)(H,50,53)(H,51,58)(H,52,56,59). The summed E-state index contributed by atoms with van der Waals surface area (Å²) in [5, 5.41) is 15.0. The van der Waals surface area contributed by atoms with Gasteiger partial charge in [-0.1, -0.05) is 18.6 Å². The van der Waals surface area contributed by atoms with E-state index in [-0.39, 0.29) is 89.1 Å². The first-order chi connectivity index (χ1) is 29.4. The van der Waals surface area contributed by atoms with E-state index >= 15 is 8.78 Å². The number of hydrogen-bond donors (Lipinski definition) is 5. The highest BCUT2D eigenvalue weighted by molar-refractivity contribution is 6.25. The monoisotopic (exact) mass is 831 g/mol. The highest BCUT2D eigenvalue weighted by Crippen LogP contribution is 2.59. The average molecular weight is 832 g/mol. The van der Waals surface area contributed by atoms with Crippen molar-refractivity contribution in [2.45, 2.75) is 88.3 Å². The summed E-state index contributed by atoms with van der Waals surface area (Å²) >= 11 is 0. The zero-order valence-electron chi connectivity index (χ0n) is 33.1. The maximum absolute atomic E-state index is 15.6. The fourth-order valence-electron chi connectivity index (χ4n) is 8.86. The van der Waals surface area contributed by atoms with Crippen LogP contribution in [0.15, 0.2) is 54.7 Å². The minimum absolute atomic E-state index is 0.00290. The Balaban J connectivity index is 0.769. The number of unbranched alkanes of at least 4 members (excludes halogenated alkanes) is 2. The van der Waals surface area contributed by atoms with Crippen molar-refractivity contribution in [1.82, 2.24) is 25.8 Å². The molecule has 5 fully saturated rings. The lowest BCUT2D eigenvalue weighted by Crippen LogP contribution is -2.63. The summed E-state index contributed by atoms with van der Waals surface area (Å²) in [6.45, 7) is 0.115. The maximum atomic E-state index is 15.6. The van der Waals surface area contributed by atoms with E-state index < -0.39 is 47.2 Å². The first kappa shape index (κ1) is 39.9. The summed E-state index contributed by atoms with van der Waals surface area (Å²) in [6, 6.07) is 10.4. The van der Waals surface area contributed by atoms with E-state index in [1.807, 2.05) is 0 Å². The first-order valence-electron chi connectivity index (χ1n) is 20.8. The molecule has 5 N–H and O–H groups in total. The molecule has 4 aliphatic carbocycles. The molecule has 1 aromatic heterocycles. The topological polar surface area (TPSA) is 196 Å². The highest BCUT2D eigenvalue weighted by atomic mass is 19.1. The Morgan fingerprint density at radius 2 is 1.66 bits per heavy atom. The van der Waals surface area contributed by atoms with Crippen molar-refractivity contribution < 1.29 is 42.3 Å². The smallest absolute Gasteiger partial charge is 0.264 e. The molecule has 1 atom stereocenters. The number of Topliss-reactive ketones (excluding diaryl/α,β-unsaturated/α-hetero) is 1. The molecular weight excluding hydrogens is 789 g/mol. The Morgan fingerprint density at radius 1 is 0.852 bits per heavy atom. The number of aromatic nitrogens is 1. The Hall–Kier alpha value is -6.58. The minimum atomic E-state index is -1.10. The van der Waals surface area contributed by atoms with Crippen LogP contribution < -0.4 is 26.6 Å². The molecule has 14 nitrogen and oxygen atoms in total. The highest BCUT2D eigenvalue weighted by Gasteiger charge is 2.57. The van der Waals surface area contributed by atoms with Gasteiger partial charge < -0.3 is 21.3 Å². The lowest BCUT2D eigenvalue weighted by Gasteiger charge is -2.62. The second-order valence-electron chi connectivity index (χ2n) is 16.9. The molecule has 1 saturated heterocycles. The quantitative estimate of drug-likeness (QED) is 0.0720. The number of nitrogens with zero attached hydrogens (tertiary/aromatic N) is 2. The number of halogens is 2. The summed E-state index contributed by atoms with van der Waals surface area (Å²) in [6.07, 6.45) is 8.19. The van der Waals surface area contributed by atoms with Crippen LogP contribution in [-0.2, 0) is 14.4 Å². The van der Waals surface area contributed by atoms with Gasteiger partial charge in [0.15, 0.2) is 5.78 Å². The van der Waals surface area contributed by atoms with Crippen LogP contribution in [0.1, 0.15) is 112 Å². The number of fused-ring (bicyclic) bond motifs is 2. The number of benzene rings is 3. The van der Waals surface area contributed by atoms with E-state index in [0.717, 1.165) is 43.1 Å². The van der Waals surface area contributed by atoms with Gasteiger partial charge in [0.05, 0.1) is 40.0 Å². The molecule has 3 heterocycles. The third kappa shape index (κ3) is 7.70. The molecule has 1 unspecified atom stereocenters. The van der Waals surface area contributed by atoms with Crippen molar-refractivity contribution in [3.63, 3.8) is 0 Å². The molecule has 16 heteroatoms. The molecule has 4 aromatic rings. The number of pyridine rings is 1. The zero-order chi connectivity index (χ0) is 42.6. The molecule has 314 valence electrons. The third-order valence-corrected chi connectivity index (χ3v) is 12.4. The van der Waals surface area contributed by atoms with Crippen LogP contribution in [0.25, 0.3) is 22.0 Å². The molecule has 2 bridgehead atoms. The number of imide groups is 2. The summed E-state index contributed by atoms with van der Waals surface area (Å²) < 4.78 is 31.1. The van der Waals surface area contributed by atoms with E-state index in [4.69, 9.17) is 0 Å². The molecule has 10 rings (SSSR count).